The lowest BCUT2D eigenvalue weighted by Gasteiger charge is -2.06. The quantitative estimate of drug-likeness (QED) is 0.547. The topological polar surface area (TPSA) is 50.4 Å². The van der Waals surface area contributed by atoms with Crippen molar-refractivity contribution in [2.24, 2.45) is 5.92 Å². The lowest BCUT2D eigenvalue weighted by atomic mass is 10.4. The van der Waals surface area contributed by atoms with Crippen LogP contribution in [-0.2, 0) is 9.53 Å². The summed E-state index contributed by atoms with van der Waals surface area (Å²) in [7, 11) is 0. The normalized spacial score (nSPS) is 15.1. The van der Waals surface area contributed by atoms with E-state index >= 15 is 0 Å². The fourth-order valence-electron chi connectivity index (χ4n) is 1.39. The van der Waals surface area contributed by atoms with Gasteiger partial charge in [0.2, 0.25) is 5.91 Å². The Morgan fingerprint density at radius 2 is 2.19 bits per heavy atom. The summed E-state index contributed by atoms with van der Waals surface area (Å²) in [4.78, 5) is 11.3. The minimum absolute atomic E-state index is 0.0692. The molecule has 4 nitrogen and oxygen atoms in total. The number of carbonyl (C=O) groups excluding carboxylic acids is 1. The average Bonchev–Trinajstić information content (AvgIpc) is 3.07. The van der Waals surface area contributed by atoms with Crippen molar-refractivity contribution in [1.29, 1.82) is 0 Å². The van der Waals surface area contributed by atoms with Crippen LogP contribution in [0.2, 0.25) is 0 Å². The second kappa shape index (κ2) is 8.53. The monoisotopic (exact) mass is 228 g/mol. The van der Waals surface area contributed by atoms with E-state index in [1.807, 2.05) is 0 Å². The van der Waals surface area contributed by atoms with Crippen LogP contribution in [0, 0.1) is 5.92 Å². The van der Waals surface area contributed by atoms with E-state index in [0.717, 1.165) is 31.9 Å². The molecule has 0 heterocycles. The number of unbranched alkanes of at least 4 members (excludes halogenated alkanes) is 1. The van der Waals surface area contributed by atoms with Gasteiger partial charge in [0.05, 0.1) is 13.2 Å². The average molecular weight is 228 g/mol. The van der Waals surface area contributed by atoms with Gasteiger partial charge in [-0.3, -0.25) is 4.79 Å². The molecule has 0 spiro atoms. The molecule has 0 radical (unpaired) electrons. The number of amides is 1. The minimum atomic E-state index is 0.0692. The number of ether oxygens (including phenoxy) is 1. The first-order chi connectivity index (χ1) is 7.83. The summed E-state index contributed by atoms with van der Waals surface area (Å²) in [6.07, 6.45) is 4.88. The Bertz CT molecular complexity index is 193. The van der Waals surface area contributed by atoms with E-state index in [1.54, 1.807) is 0 Å². The molecule has 0 unspecified atom stereocenters. The molecule has 0 atom stereocenters. The van der Waals surface area contributed by atoms with Gasteiger partial charge in [-0.1, -0.05) is 13.3 Å². The highest BCUT2D eigenvalue weighted by molar-refractivity contribution is 5.77. The van der Waals surface area contributed by atoms with Crippen LogP contribution in [0.4, 0.5) is 0 Å². The van der Waals surface area contributed by atoms with Crippen LogP contribution in [0.5, 0.6) is 0 Å². The number of carbonyl (C=O) groups is 1. The van der Waals surface area contributed by atoms with Crippen molar-refractivity contribution in [3.8, 4) is 0 Å². The van der Waals surface area contributed by atoms with E-state index in [-0.39, 0.29) is 5.91 Å². The molecule has 4 heteroatoms. The SMILES string of the molecule is CCCCOCCNC(=O)CNCC1CC1. The van der Waals surface area contributed by atoms with Crippen LogP contribution < -0.4 is 10.6 Å². The van der Waals surface area contributed by atoms with Crippen LogP contribution in [-0.4, -0.2) is 38.8 Å². The molecule has 1 saturated carbocycles. The maximum atomic E-state index is 11.3. The Hall–Kier alpha value is -0.610. The molecule has 1 rings (SSSR count). The lowest BCUT2D eigenvalue weighted by molar-refractivity contribution is -0.120. The third kappa shape index (κ3) is 7.65. The predicted octanol–water partition coefficient (Wildman–Crippen LogP) is 0.919. The third-order valence-corrected chi connectivity index (χ3v) is 2.63. The molecule has 1 aliphatic carbocycles. The standard InChI is InChI=1S/C12H24N2O2/c1-2-3-7-16-8-6-14-12(15)10-13-9-11-4-5-11/h11,13H,2-10H2,1H3,(H,14,15). The predicted molar refractivity (Wildman–Crippen MR) is 64.3 cm³/mol. The lowest BCUT2D eigenvalue weighted by Crippen LogP contribution is -2.36. The molecule has 16 heavy (non-hydrogen) atoms. The Morgan fingerprint density at radius 3 is 2.88 bits per heavy atom. The molecular weight excluding hydrogens is 204 g/mol. The summed E-state index contributed by atoms with van der Waals surface area (Å²) in [5.74, 6) is 0.893. The second-order valence-corrected chi connectivity index (χ2v) is 4.39. The van der Waals surface area contributed by atoms with Crippen molar-refractivity contribution in [1.82, 2.24) is 10.6 Å². The fourth-order valence-corrected chi connectivity index (χ4v) is 1.39. The van der Waals surface area contributed by atoms with E-state index in [4.69, 9.17) is 4.74 Å². The molecule has 1 aliphatic rings. The van der Waals surface area contributed by atoms with E-state index in [2.05, 4.69) is 17.6 Å². The van der Waals surface area contributed by atoms with Gasteiger partial charge in [0.15, 0.2) is 0 Å². The molecule has 0 aromatic heterocycles. The van der Waals surface area contributed by atoms with Gasteiger partial charge < -0.3 is 15.4 Å². The first kappa shape index (κ1) is 13.5. The Kier molecular flexibility index (Phi) is 7.17. The minimum Gasteiger partial charge on any atom is -0.380 e. The molecule has 0 bridgehead atoms. The zero-order valence-corrected chi connectivity index (χ0v) is 10.3. The van der Waals surface area contributed by atoms with E-state index < -0.39 is 0 Å². The van der Waals surface area contributed by atoms with Crippen LogP contribution >= 0.6 is 0 Å². The van der Waals surface area contributed by atoms with Crippen molar-refractivity contribution >= 4 is 5.91 Å². The molecule has 1 amide bonds. The summed E-state index contributed by atoms with van der Waals surface area (Å²) >= 11 is 0. The molecule has 1 fully saturated rings. The van der Waals surface area contributed by atoms with Crippen LogP contribution in [0.15, 0.2) is 0 Å². The van der Waals surface area contributed by atoms with Crippen molar-refractivity contribution in [2.45, 2.75) is 32.6 Å². The van der Waals surface area contributed by atoms with Gasteiger partial charge in [-0.05, 0) is 31.7 Å². The third-order valence-electron chi connectivity index (χ3n) is 2.63. The van der Waals surface area contributed by atoms with E-state index in [9.17, 15) is 4.79 Å². The van der Waals surface area contributed by atoms with Crippen LogP contribution in [0.1, 0.15) is 32.6 Å². The van der Waals surface area contributed by atoms with E-state index in [0.29, 0.717) is 19.7 Å². The van der Waals surface area contributed by atoms with Gasteiger partial charge in [0, 0.05) is 13.2 Å². The van der Waals surface area contributed by atoms with Crippen molar-refractivity contribution < 1.29 is 9.53 Å². The molecule has 2 N–H and O–H groups in total. The maximum absolute atomic E-state index is 11.3. The molecule has 0 aliphatic heterocycles. The number of hydrogen-bond donors (Lipinski definition) is 2. The highest BCUT2D eigenvalue weighted by atomic mass is 16.5. The second-order valence-electron chi connectivity index (χ2n) is 4.39. The Morgan fingerprint density at radius 1 is 1.38 bits per heavy atom. The van der Waals surface area contributed by atoms with Gasteiger partial charge in [-0.15, -0.1) is 0 Å². The smallest absolute Gasteiger partial charge is 0.234 e. The molecule has 94 valence electrons. The molecule has 0 aromatic carbocycles. The van der Waals surface area contributed by atoms with E-state index in [1.165, 1.54) is 12.8 Å². The van der Waals surface area contributed by atoms with Crippen molar-refractivity contribution in [3.05, 3.63) is 0 Å². The Labute approximate surface area is 98.1 Å². The van der Waals surface area contributed by atoms with Gasteiger partial charge in [-0.25, -0.2) is 0 Å². The van der Waals surface area contributed by atoms with Crippen LogP contribution in [0.25, 0.3) is 0 Å². The van der Waals surface area contributed by atoms with Gasteiger partial charge >= 0.3 is 0 Å². The van der Waals surface area contributed by atoms with Crippen molar-refractivity contribution in [2.75, 3.05) is 32.8 Å². The fraction of sp³-hybridized carbons (Fsp3) is 0.917. The highest BCUT2D eigenvalue weighted by Crippen LogP contribution is 2.27. The van der Waals surface area contributed by atoms with Crippen molar-refractivity contribution in [3.63, 3.8) is 0 Å². The maximum Gasteiger partial charge on any atom is 0.234 e. The molecular formula is C12H24N2O2. The number of hydrogen-bond acceptors (Lipinski definition) is 3. The summed E-state index contributed by atoms with van der Waals surface area (Å²) < 4.78 is 5.34. The summed E-state index contributed by atoms with van der Waals surface area (Å²) in [6.45, 7) is 5.59. The van der Waals surface area contributed by atoms with Gasteiger partial charge in [-0.2, -0.15) is 0 Å². The summed E-state index contributed by atoms with van der Waals surface area (Å²) in [6, 6.07) is 0. The highest BCUT2D eigenvalue weighted by Gasteiger charge is 2.20. The summed E-state index contributed by atoms with van der Waals surface area (Å²) in [5, 5.41) is 5.98. The summed E-state index contributed by atoms with van der Waals surface area (Å²) in [5.41, 5.74) is 0. The largest absolute Gasteiger partial charge is 0.380 e. The number of nitrogens with one attached hydrogen (secondary N) is 2. The van der Waals surface area contributed by atoms with Gasteiger partial charge in [0.1, 0.15) is 0 Å². The molecule has 0 saturated heterocycles. The molecule has 0 aromatic rings. The number of rotatable bonds is 10. The van der Waals surface area contributed by atoms with Gasteiger partial charge in [0.25, 0.3) is 0 Å². The zero-order valence-electron chi connectivity index (χ0n) is 10.3. The Balaban J connectivity index is 1.78. The van der Waals surface area contributed by atoms with Crippen LogP contribution in [0.3, 0.4) is 0 Å². The first-order valence-corrected chi connectivity index (χ1v) is 6.38. The first-order valence-electron chi connectivity index (χ1n) is 6.38. The zero-order chi connectivity index (χ0) is 11.6.